The monoisotopic (exact) mass is 263 g/mol. The van der Waals surface area contributed by atoms with Crippen LogP contribution in [-0.2, 0) is 18.4 Å². The largest absolute Gasteiger partial charge is 0.493 e. The Hall–Kier alpha value is -1.75. The zero-order chi connectivity index (χ0) is 13.8. The Labute approximate surface area is 111 Å². The van der Waals surface area contributed by atoms with E-state index in [1.165, 1.54) is 0 Å². The zero-order valence-corrected chi connectivity index (χ0v) is 11.1. The van der Waals surface area contributed by atoms with Crippen LogP contribution in [0.1, 0.15) is 40.9 Å². The summed E-state index contributed by atoms with van der Waals surface area (Å²) in [4.78, 5) is 11.5. The van der Waals surface area contributed by atoms with Crippen LogP contribution in [0.4, 0.5) is 0 Å². The Morgan fingerprint density at radius 1 is 1.16 bits per heavy atom. The summed E-state index contributed by atoms with van der Waals surface area (Å²) in [7, 11) is 0. The molecule has 1 aromatic rings. The maximum atomic E-state index is 11.5. The van der Waals surface area contributed by atoms with Crippen LogP contribution in [0.2, 0.25) is 0 Å². The van der Waals surface area contributed by atoms with Gasteiger partial charge in [-0.3, -0.25) is 0 Å². The van der Waals surface area contributed by atoms with Gasteiger partial charge in [0.05, 0.1) is 13.2 Å². The summed E-state index contributed by atoms with van der Waals surface area (Å²) in [5.74, 6) is 0.195. The van der Waals surface area contributed by atoms with Crippen molar-refractivity contribution in [1.29, 1.82) is 0 Å². The molecule has 5 nitrogen and oxygen atoms in total. The molecule has 2 heterocycles. The molecule has 5 heteroatoms. The molecule has 0 radical (unpaired) electrons. The normalized spacial score (nSPS) is 16.6. The second-order valence-electron chi connectivity index (χ2n) is 5.59. The smallest absolute Gasteiger partial charge is 0.339 e. The zero-order valence-electron chi connectivity index (χ0n) is 11.1. The van der Waals surface area contributed by atoms with Crippen LogP contribution in [0.25, 0.3) is 0 Å². The minimum atomic E-state index is -0.957. The van der Waals surface area contributed by atoms with Crippen LogP contribution in [0.15, 0.2) is 0 Å². The molecule has 0 atom stereocenters. The maximum Gasteiger partial charge on any atom is 0.339 e. The van der Waals surface area contributed by atoms with E-state index in [0.29, 0.717) is 37.6 Å². The lowest BCUT2D eigenvalue weighted by Gasteiger charge is -2.25. The molecular weight excluding hydrogens is 246 g/mol. The molecule has 3 rings (SSSR count). The van der Waals surface area contributed by atoms with Crippen molar-refractivity contribution >= 4 is 5.97 Å². The standard InChI is InChI=1S/C14H17NO4/c1-14(2,15)10-8-4-6-18-11(8)9(13(16)17)7-3-5-19-12(7)10/h3-6,15H2,1-2H3,(H,16,17). The molecule has 102 valence electrons. The van der Waals surface area contributed by atoms with Crippen LogP contribution in [0.3, 0.4) is 0 Å². The van der Waals surface area contributed by atoms with Crippen molar-refractivity contribution in [3.63, 3.8) is 0 Å². The van der Waals surface area contributed by atoms with Crippen LogP contribution >= 0.6 is 0 Å². The van der Waals surface area contributed by atoms with Crippen LogP contribution < -0.4 is 15.2 Å². The van der Waals surface area contributed by atoms with Crippen LogP contribution in [0, 0.1) is 0 Å². The first-order chi connectivity index (χ1) is 8.91. The summed E-state index contributed by atoms with van der Waals surface area (Å²) >= 11 is 0. The highest BCUT2D eigenvalue weighted by Gasteiger charge is 2.37. The van der Waals surface area contributed by atoms with Gasteiger partial charge in [0.15, 0.2) is 0 Å². The van der Waals surface area contributed by atoms with Gasteiger partial charge in [0.2, 0.25) is 0 Å². The number of carboxylic acids is 1. The van der Waals surface area contributed by atoms with Gasteiger partial charge in [-0.25, -0.2) is 4.79 Å². The van der Waals surface area contributed by atoms with Gasteiger partial charge in [0, 0.05) is 35.1 Å². The van der Waals surface area contributed by atoms with E-state index in [-0.39, 0.29) is 5.56 Å². The first-order valence-corrected chi connectivity index (χ1v) is 6.41. The van der Waals surface area contributed by atoms with Gasteiger partial charge in [-0.1, -0.05) is 0 Å². The summed E-state index contributed by atoms with van der Waals surface area (Å²) in [5, 5.41) is 9.44. The predicted molar refractivity (Wildman–Crippen MR) is 69.0 cm³/mol. The van der Waals surface area contributed by atoms with Crippen molar-refractivity contribution in [3.05, 3.63) is 22.3 Å². The second kappa shape index (κ2) is 3.87. The number of nitrogens with two attached hydrogens (primary N) is 1. The summed E-state index contributed by atoms with van der Waals surface area (Å²) in [5.41, 5.74) is 8.44. The van der Waals surface area contributed by atoms with Gasteiger partial charge in [0.25, 0.3) is 0 Å². The number of carbonyl (C=O) groups is 1. The molecule has 0 fully saturated rings. The molecule has 0 aromatic heterocycles. The number of aromatic carboxylic acids is 1. The summed E-state index contributed by atoms with van der Waals surface area (Å²) in [6.07, 6.45) is 1.28. The number of fused-ring (bicyclic) bond motifs is 2. The fourth-order valence-electron chi connectivity index (χ4n) is 3.02. The molecule has 0 spiro atoms. The fourth-order valence-corrected chi connectivity index (χ4v) is 3.02. The van der Waals surface area contributed by atoms with Gasteiger partial charge in [-0.05, 0) is 13.8 Å². The lowest BCUT2D eigenvalue weighted by Crippen LogP contribution is -2.31. The number of carboxylic acid groups (broad SMARTS) is 1. The molecule has 3 N–H and O–H groups in total. The Morgan fingerprint density at radius 3 is 2.32 bits per heavy atom. The molecular formula is C14H17NO4. The topological polar surface area (TPSA) is 81.8 Å². The van der Waals surface area contributed by atoms with E-state index >= 15 is 0 Å². The summed E-state index contributed by atoms with van der Waals surface area (Å²) in [6.45, 7) is 4.82. The van der Waals surface area contributed by atoms with Crippen molar-refractivity contribution in [2.45, 2.75) is 32.2 Å². The minimum absolute atomic E-state index is 0.257. The maximum absolute atomic E-state index is 11.5. The highest BCUT2D eigenvalue weighted by molar-refractivity contribution is 5.95. The van der Waals surface area contributed by atoms with Crippen molar-refractivity contribution in [2.24, 2.45) is 5.73 Å². The molecule has 0 aliphatic carbocycles. The second-order valence-corrected chi connectivity index (χ2v) is 5.59. The van der Waals surface area contributed by atoms with E-state index in [2.05, 4.69) is 0 Å². The van der Waals surface area contributed by atoms with E-state index in [1.54, 1.807) is 0 Å². The van der Waals surface area contributed by atoms with E-state index in [1.807, 2.05) is 13.8 Å². The highest BCUT2D eigenvalue weighted by atomic mass is 16.5. The Balaban J connectivity index is 2.38. The molecule has 0 bridgehead atoms. The Kier molecular flexibility index (Phi) is 2.50. The molecule has 0 unspecified atom stereocenters. The van der Waals surface area contributed by atoms with Crippen LogP contribution in [0.5, 0.6) is 11.5 Å². The summed E-state index contributed by atoms with van der Waals surface area (Å²) < 4.78 is 11.2. The van der Waals surface area contributed by atoms with Gasteiger partial charge in [-0.15, -0.1) is 0 Å². The van der Waals surface area contributed by atoms with Crippen molar-refractivity contribution < 1.29 is 19.4 Å². The van der Waals surface area contributed by atoms with E-state index in [0.717, 1.165) is 16.7 Å². The van der Waals surface area contributed by atoms with Crippen molar-refractivity contribution in [3.8, 4) is 11.5 Å². The molecule has 0 saturated heterocycles. The van der Waals surface area contributed by atoms with Crippen molar-refractivity contribution in [2.75, 3.05) is 13.2 Å². The molecule has 2 aliphatic rings. The fraction of sp³-hybridized carbons (Fsp3) is 0.500. The molecule has 0 amide bonds. The molecule has 2 aliphatic heterocycles. The van der Waals surface area contributed by atoms with Gasteiger partial charge >= 0.3 is 5.97 Å². The SMILES string of the molecule is CC(C)(N)c1c2c(c(C(=O)O)c3c1OCC3)OCC2. The number of ether oxygens (including phenoxy) is 2. The van der Waals surface area contributed by atoms with E-state index < -0.39 is 11.5 Å². The predicted octanol–water partition coefficient (Wildman–Crippen LogP) is 1.45. The minimum Gasteiger partial charge on any atom is -0.493 e. The summed E-state index contributed by atoms with van der Waals surface area (Å²) in [6, 6.07) is 0. The van der Waals surface area contributed by atoms with E-state index in [4.69, 9.17) is 15.2 Å². The average Bonchev–Trinajstić information content (AvgIpc) is 2.89. The van der Waals surface area contributed by atoms with Crippen molar-refractivity contribution in [1.82, 2.24) is 0 Å². The first-order valence-electron chi connectivity index (χ1n) is 6.41. The number of rotatable bonds is 2. The number of hydrogen-bond donors (Lipinski definition) is 2. The Bertz CT molecular complexity index is 537. The third-order valence-electron chi connectivity index (χ3n) is 3.66. The van der Waals surface area contributed by atoms with Gasteiger partial charge in [0.1, 0.15) is 17.1 Å². The average molecular weight is 263 g/mol. The number of hydrogen-bond acceptors (Lipinski definition) is 4. The quantitative estimate of drug-likeness (QED) is 0.844. The molecule has 1 aromatic carbocycles. The number of benzene rings is 1. The van der Waals surface area contributed by atoms with E-state index in [9.17, 15) is 9.90 Å². The van der Waals surface area contributed by atoms with Gasteiger partial charge < -0.3 is 20.3 Å². The van der Waals surface area contributed by atoms with Gasteiger partial charge in [-0.2, -0.15) is 0 Å². The third kappa shape index (κ3) is 1.69. The molecule has 0 saturated carbocycles. The lowest BCUT2D eigenvalue weighted by atomic mass is 9.85. The molecule has 19 heavy (non-hydrogen) atoms. The third-order valence-corrected chi connectivity index (χ3v) is 3.66. The highest BCUT2D eigenvalue weighted by Crippen LogP contribution is 2.47. The first kappa shape index (κ1) is 12.3. The Morgan fingerprint density at radius 2 is 1.74 bits per heavy atom. The van der Waals surface area contributed by atoms with Crippen LogP contribution in [-0.4, -0.2) is 24.3 Å². The lowest BCUT2D eigenvalue weighted by molar-refractivity contribution is 0.0692.